The van der Waals surface area contributed by atoms with E-state index in [1.807, 2.05) is 19.1 Å². The molecule has 0 atom stereocenters. The summed E-state index contributed by atoms with van der Waals surface area (Å²) in [6, 6.07) is 19.2. The van der Waals surface area contributed by atoms with Crippen LogP contribution in [0, 0.1) is 6.92 Å². The molecule has 0 amide bonds. The number of ether oxygens (including phenoxy) is 3. The van der Waals surface area contributed by atoms with Crippen molar-refractivity contribution in [2.24, 2.45) is 0 Å². The Bertz CT molecular complexity index is 1320. The van der Waals surface area contributed by atoms with Crippen LogP contribution in [0.2, 0.25) is 0 Å². The number of carbonyl (C=O) groups is 1. The second-order valence-electron chi connectivity index (χ2n) is 7.22. The molecule has 0 fully saturated rings. The van der Waals surface area contributed by atoms with Gasteiger partial charge in [0, 0.05) is 10.9 Å². The monoisotopic (exact) mass is 430 g/mol. The summed E-state index contributed by atoms with van der Waals surface area (Å²) in [6.45, 7) is 1.75. The maximum Gasteiger partial charge on any atom is 0.344 e. The maximum absolute atomic E-state index is 12.6. The minimum Gasteiger partial charge on any atom is -0.497 e. The number of methoxy groups -OCH3 is 2. The molecule has 32 heavy (non-hydrogen) atoms. The van der Waals surface area contributed by atoms with E-state index in [1.54, 1.807) is 68.8 Å². The van der Waals surface area contributed by atoms with Gasteiger partial charge in [-0.1, -0.05) is 12.1 Å². The first-order valence-electron chi connectivity index (χ1n) is 10.0. The number of aryl methyl sites for hydroxylation is 1. The highest BCUT2D eigenvalue weighted by Crippen LogP contribution is 2.30. The first kappa shape index (κ1) is 21.2. The van der Waals surface area contributed by atoms with Crippen LogP contribution in [0.5, 0.6) is 17.2 Å². The fourth-order valence-corrected chi connectivity index (χ4v) is 3.52. The van der Waals surface area contributed by atoms with Crippen LogP contribution in [0.3, 0.4) is 0 Å². The quantitative estimate of drug-likeness (QED) is 0.302. The lowest BCUT2D eigenvalue weighted by molar-refractivity contribution is 0.0921. The summed E-state index contributed by atoms with van der Waals surface area (Å²) >= 11 is 0. The van der Waals surface area contributed by atoms with Crippen molar-refractivity contribution in [2.45, 2.75) is 6.92 Å². The highest BCUT2D eigenvalue weighted by atomic mass is 16.5. The molecule has 6 nitrogen and oxygen atoms in total. The van der Waals surface area contributed by atoms with Crippen LogP contribution in [0.25, 0.3) is 22.1 Å². The number of rotatable bonds is 7. The molecular formula is C26H22O6. The molecule has 3 aromatic carbocycles. The summed E-state index contributed by atoms with van der Waals surface area (Å²) in [7, 11) is 3.16. The van der Waals surface area contributed by atoms with Crippen LogP contribution in [0.4, 0.5) is 0 Å². The molecule has 1 aromatic heterocycles. The molecule has 0 spiro atoms. The maximum atomic E-state index is 12.6. The number of Topliss-reactive ketones (excluding diaryl/α,β-unsaturated/α-hetero) is 1. The van der Waals surface area contributed by atoms with Crippen molar-refractivity contribution in [3.8, 4) is 28.4 Å². The van der Waals surface area contributed by atoms with Crippen LogP contribution in [-0.2, 0) is 0 Å². The highest BCUT2D eigenvalue weighted by Gasteiger charge is 2.15. The summed E-state index contributed by atoms with van der Waals surface area (Å²) in [5.74, 6) is 1.75. The van der Waals surface area contributed by atoms with Crippen LogP contribution in [0.1, 0.15) is 15.9 Å². The summed E-state index contributed by atoms with van der Waals surface area (Å²) in [6.07, 6.45) is 0. The van der Waals surface area contributed by atoms with E-state index in [9.17, 15) is 9.59 Å². The van der Waals surface area contributed by atoms with Gasteiger partial charge in [0.25, 0.3) is 0 Å². The summed E-state index contributed by atoms with van der Waals surface area (Å²) < 4.78 is 21.6. The molecule has 0 saturated heterocycles. The predicted molar refractivity (Wildman–Crippen MR) is 122 cm³/mol. The van der Waals surface area contributed by atoms with E-state index in [4.69, 9.17) is 18.6 Å². The van der Waals surface area contributed by atoms with Gasteiger partial charge >= 0.3 is 5.63 Å². The third-order valence-corrected chi connectivity index (χ3v) is 5.30. The zero-order valence-electron chi connectivity index (χ0n) is 18.0. The Morgan fingerprint density at radius 3 is 2.06 bits per heavy atom. The van der Waals surface area contributed by atoms with E-state index < -0.39 is 5.63 Å². The van der Waals surface area contributed by atoms with Gasteiger partial charge in [-0.25, -0.2) is 4.79 Å². The summed E-state index contributed by atoms with van der Waals surface area (Å²) in [4.78, 5) is 25.1. The molecule has 0 radical (unpaired) electrons. The molecule has 0 unspecified atom stereocenters. The molecule has 162 valence electrons. The molecule has 0 bridgehead atoms. The Labute approximate surface area is 185 Å². The minimum absolute atomic E-state index is 0.112. The number of fused-ring (bicyclic) bond motifs is 1. The number of benzene rings is 3. The first-order valence-corrected chi connectivity index (χ1v) is 10.0. The largest absolute Gasteiger partial charge is 0.497 e. The minimum atomic E-state index is -0.413. The van der Waals surface area contributed by atoms with E-state index in [0.717, 1.165) is 16.5 Å². The Morgan fingerprint density at radius 2 is 1.44 bits per heavy atom. The Morgan fingerprint density at radius 1 is 0.844 bits per heavy atom. The molecular weight excluding hydrogens is 408 g/mol. The number of hydrogen-bond donors (Lipinski definition) is 0. The standard InChI is InChI=1S/C26H22O6/c1-16-22-14-21(31-15-23(27)17-4-8-19(29-2)9-5-17)12-13-24(22)32-26(28)25(16)18-6-10-20(30-3)11-7-18/h4-14H,15H2,1-3H3. The second-order valence-corrected chi connectivity index (χ2v) is 7.22. The topological polar surface area (TPSA) is 75.0 Å². The number of ketones is 1. The number of hydrogen-bond acceptors (Lipinski definition) is 6. The van der Waals surface area contributed by atoms with Crippen molar-refractivity contribution in [3.63, 3.8) is 0 Å². The lowest BCUT2D eigenvalue weighted by atomic mass is 9.99. The lowest BCUT2D eigenvalue weighted by Crippen LogP contribution is -2.11. The van der Waals surface area contributed by atoms with Gasteiger partial charge in [0.1, 0.15) is 22.8 Å². The van der Waals surface area contributed by atoms with E-state index in [2.05, 4.69) is 0 Å². The predicted octanol–water partition coefficient (Wildman–Crippen LogP) is 5.05. The average molecular weight is 430 g/mol. The molecule has 0 aliphatic heterocycles. The SMILES string of the molecule is COc1ccc(C(=O)COc2ccc3oc(=O)c(-c4ccc(OC)cc4)c(C)c3c2)cc1. The molecule has 0 saturated carbocycles. The molecule has 4 aromatic rings. The smallest absolute Gasteiger partial charge is 0.344 e. The normalized spacial score (nSPS) is 10.7. The van der Waals surface area contributed by atoms with Gasteiger partial charge < -0.3 is 18.6 Å². The average Bonchev–Trinajstić information content (AvgIpc) is 2.83. The van der Waals surface area contributed by atoms with Crippen molar-refractivity contribution in [1.82, 2.24) is 0 Å². The van der Waals surface area contributed by atoms with E-state index >= 15 is 0 Å². The van der Waals surface area contributed by atoms with Gasteiger partial charge in [0.15, 0.2) is 12.4 Å². The third-order valence-electron chi connectivity index (χ3n) is 5.30. The van der Waals surface area contributed by atoms with Gasteiger partial charge in [-0.05, 0) is 72.6 Å². The fourth-order valence-electron chi connectivity index (χ4n) is 3.52. The van der Waals surface area contributed by atoms with Crippen molar-refractivity contribution >= 4 is 16.8 Å². The van der Waals surface area contributed by atoms with Crippen LogP contribution in [0.15, 0.2) is 75.9 Å². The van der Waals surface area contributed by atoms with E-state index in [-0.39, 0.29) is 12.4 Å². The van der Waals surface area contributed by atoms with Crippen LogP contribution < -0.4 is 19.8 Å². The second kappa shape index (κ2) is 8.98. The van der Waals surface area contributed by atoms with Crippen molar-refractivity contribution in [1.29, 1.82) is 0 Å². The van der Waals surface area contributed by atoms with Crippen LogP contribution >= 0.6 is 0 Å². The summed E-state index contributed by atoms with van der Waals surface area (Å²) in [5, 5.41) is 0.741. The highest BCUT2D eigenvalue weighted by molar-refractivity contribution is 5.97. The van der Waals surface area contributed by atoms with Crippen LogP contribution in [-0.4, -0.2) is 26.6 Å². The zero-order valence-corrected chi connectivity index (χ0v) is 18.0. The van der Waals surface area contributed by atoms with Crippen molar-refractivity contribution in [3.05, 3.63) is 88.3 Å². The van der Waals surface area contributed by atoms with Gasteiger partial charge in [0.05, 0.1) is 19.8 Å². The Hall–Kier alpha value is -4.06. The van der Waals surface area contributed by atoms with Gasteiger partial charge in [-0.15, -0.1) is 0 Å². The summed E-state index contributed by atoms with van der Waals surface area (Å²) in [5.41, 5.74) is 2.57. The fraction of sp³-hybridized carbons (Fsp3) is 0.154. The lowest BCUT2D eigenvalue weighted by Gasteiger charge is -2.11. The molecule has 4 rings (SSSR count). The van der Waals surface area contributed by atoms with Crippen molar-refractivity contribution < 1.29 is 23.4 Å². The first-order chi connectivity index (χ1) is 15.5. The molecule has 1 heterocycles. The third kappa shape index (κ3) is 4.21. The van der Waals surface area contributed by atoms with Gasteiger partial charge in [0.2, 0.25) is 0 Å². The molecule has 0 aliphatic rings. The molecule has 0 N–H and O–H groups in total. The molecule has 0 aliphatic carbocycles. The van der Waals surface area contributed by atoms with Gasteiger partial charge in [-0.3, -0.25) is 4.79 Å². The van der Waals surface area contributed by atoms with Gasteiger partial charge in [-0.2, -0.15) is 0 Å². The van der Waals surface area contributed by atoms with Crippen molar-refractivity contribution in [2.75, 3.05) is 20.8 Å². The molecule has 6 heteroatoms. The number of carbonyl (C=O) groups excluding carboxylic acids is 1. The Kier molecular flexibility index (Phi) is 5.94. The Balaban J connectivity index is 1.61. The van der Waals surface area contributed by atoms with E-state index in [1.165, 1.54) is 0 Å². The van der Waals surface area contributed by atoms with E-state index in [0.29, 0.717) is 34.0 Å². The zero-order chi connectivity index (χ0) is 22.7.